The Morgan fingerprint density at radius 3 is 2.48 bits per heavy atom. The average Bonchev–Trinajstić information content (AvgIpc) is 3.08. The monoisotopic (exact) mass is 418 g/mol. The van der Waals surface area contributed by atoms with Crippen LogP contribution in [0.2, 0.25) is 5.02 Å². The van der Waals surface area contributed by atoms with Gasteiger partial charge in [0.2, 0.25) is 0 Å². The first kappa shape index (κ1) is 19.2. The van der Waals surface area contributed by atoms with Gasteiger partial charge in [0.1, 0.15) is 0 Å². The highest BCUT2D eigenvalue weighted by Crippen LogP contribution is 2.35. The number of nitrogens with zero attached hydrogens (tertiary/aromatic N) is 4. The lowest BCUT2D eigenvalue weighted by Crippen LogP contribution is -2.28. The second kappa shape index (κ2) is 6.73. The lowest BCUT2D eigenvalue weighted by atomic mass is 10.1. The standard InChI is InChI=1S/C20H14ClF3N4O/c1-11-7-14(3-4-16(11)21)17-9-18(20(22,23)24)28-19(26-17)15(10-25-28)13-5-6-27(29)12(2)8-13/h3-10H,1-2H3. The fraction of sp³-hybridized carbons (Fsp3) is 0.150. The SMILES string of the molecule is Cc1cc(-c2cc(C(F)(F)F)n3ncc(-c4cc[n+]([O-])c(C)c4)c3n2)ccc1Cl. The molecule has 148 valence electrons. The van der Waals surface area contributed by atoms with Crippen molar-refractivity contribution < 1.29 is 17.9 Å². The van der Waals surface area contributed by atoms with Crippen LogP contribution in [0.4, 0.5) is 13.2 Å². The molecule has 4 rings (SSSR count). The highest BCUT2D eigenvalue weighted by atomic mass is 35.5. The van der Waals surface area contributed by atoms with E-state index in [4.69, 9.17) is 11.6 Å². The van der Waals surface area contributed by atoms with Gasteiger partial charge in [-0.25, -0.2) is 9.50 Å². The molecule has 3 aromatic heterocycles. The van der Waals surface area contributed by atoms with Crippen LogP contribution in [0.15, 0.2) is 48.8 Å². The lowest BCUT2D eigenvalue weighted by molar-refractivity contribution is -0.612. The van der Waals surface area contributed by atoms with E-state index in [1.165, 1.54) is 18.5 Å². The van der Waals surface area contributed by atoms with Crippen LogP contribution in [-0.4, -0.2) is 14.6 Å². The van der Waals surface area contributed by atoms with Crippen LogP contribution in [0.1, 0.15) is 17.0 Å². The van der Waals surface area contributed by atoms with Gasteiger partial charge in [0.25, 0.3) is 0 Å². The normalized spacial score (nSPS) is 11.9. The number of aromatic nitrogens is 4. The van der Waals surface area contributed by atoms with Gasteiger partial charge in [-0.3, -0.25) is 0 Å². The molecule has 0 saturated heterocycles. The van der Waals surface area contributed by atoms with Crippen molar-refractivity contribution in [3.05, 3.63) is 76.0 Å². The fourth-order valence-electron chi connectivity index (χ4n) is 3.09. The third-order valence-corrected chi connectivity index (χ3v) is 5.05. The van der Waals surface area contributed by atoms with Crippen LogP contribution >= 0.6 is 11.6 Å². The van der Waals surface area contributed by atoms with Gasteiger partial charge in [-0.15, -0.1) is 0 Å². The van der Waals surface area contributed by atoms with Crippen molar-refractivity contribution >= 4 is 17.2 Å². The van der Waals surface area contributed by atoms with Gasteiger partial charge in [-0.1, -0.05) is 17.7 Å². The zero-order chi connectivity index (χ0) is 20.9. The maximum absolute atomic E-state index is 13.7. The van der Waals surface area contributed by atoms with Crippen molar-refractivity contribution in [2.45, 2.75) is 20.0 Å². The van der Waals surface area contributed by atoms with Crippen LogP contribution < -0.4 is 4.73 Å². The number of benzene rings is 1. The van der Waals surface area contributed by atoms with Crippen LogP contribution in [0.25, 0.3) is 28.0 Å². The second-order valence-electron chi connectivity index (χ2n) is 6.66. The number of rotatable bonds is 2. The molecule has 0 N–H and O–H groups in total. The molecule has 0 unspecified atom stereocenters. The molecule has 0 atom stereocenters. The zero-order valence-corrected chi connectivity index (χ0v) is 16.1. The van der Waals surface area contributed by atoms with Gasteiger partial charge in [-0.2, -0.15) is 23.0 Å². The number of halogens is 4. The maximum Gasteiger partial charge on any atom is 0.433 e. The van der Waals surface area contributed by atoms with Crippen molar-refractivity contribution in [2.24, 2.45) is 0 Å². The van der Waals surface area contributed by atoms with E-state index in [2.05, 4.69) is 10.1 Å². The topological polar surface area (TPSA) is 57.1 Å². The highest BCUT2D eigenvalue weighted by Gasteiger charge is 2.35. The van der Waals surface area contributed by atoms with Crippen LogP contribution in [0, 0.1) is 19.1 Å². The molecule has 0 saturated carbocycles. The van der Waals surface area contributed by atoms with Gasteiger partial charge < -0.3 is 5.21 Å². The smallest absolute Gasteiger partial charge is 0.433 e. The number of alkyl halides is 3. The molecule has 4 aromatic rings. The zero-order valence-electron chi connectivity index (χ0n) is 15.3. The fourth-order valence-corrected chi connectivity index (χ4v) is 3.21. The first-order valence-electron chi connectivity index (χ1n) is 8.58. The quantitative estimate of drug-likeness (QED) is 0.340. The summed E-state index contributed by atoms with van der Waals surface area (Å²) < 4.78 is 42.6. The molecule has 3 heterocycles. The van der Waals surface area contributed by atoms with Crippen molar-refractivity contribution in [2.75, 3.05) is 0 Å². The molecule has 1 aromatic carbocycles. The first-order valence-corrected chi connectivity index (χ1v) is 8.95. The summed E-state index contributed by atoms with van der Waals surface area (Å²) in [6, 6.07) is 9.00. The Labute approximate surface area is 168 Å². The Balaban J connectivity index is 2.01. The molecule has 0 spiro atoms. The van der Waals surface area contributed by atoms with Crippen LogP contribution in [0.3, 0.4) is 0 Å². The number of aryl methyl sites for hydroxylation is 2. The van der Waals surface area contributed by atoms with Gasteiger partial charge in [0.15, 0.2) is 23.2 Å². The largest absolute Gasteiger partial charge is 0.619 e. The summed E-state index contributed by atoms with van der Waals surface area (Å²) in [7, 11) is 0. The Bertz CT molecular complexity index is 1250. The summed E-state index contributed by atoms with van der Waals surface area (Å²) >= 11 is 6.04. The Hall–Kier alpha value is -3.13. The van der Waals surface area contributed by atoms with E-state index < -0.39 is 11.9 Å². The van der Waals surface area contributed by atoms with Crippen molar-refractivity contribution in [3.63, 3.8) is 0 Å². The van der Waals surface area contributed by atoms with E-state index in [1.54, 1.807) is 38.1 Å². The van der Waals surface area contributed by atoms with Crippen LogP contribution in [0.5, 0.6) is 0 Å². The van der Waals surface area contributed by atoms with E-state index in [9.17, 15) is 18.4 Å². The lowest BCUT2D eigenvalue weighted by Gasteiger charge is -2.12. The molecule has 29 heavy (non-hydrogen) atoms. The summed E-state index contributed by atoms with van der Waals surface area (Å²) in [4.78, 5) is 4.45. The van der Waals surface area contributed by atoms with E-state index in [1.807, 2.05) is 0 Å². The minimum atomic E-state index is -4.63. The van der Waals surface area contributed by atoms with E-state index in [0.717, 1.165) is 16.1 Å². The number of hydrogen-bond donors (Lipinski definition) is 0. The Morgan fingerprint density at radius 1 is 1.07 bits per heavy atom. The Kier molecular flexibility index (Phi) is 4.46. The molecule has 0 fully saturated rings. The number of fused-ring (bicyclic) bond motifs is 1. The molecular weight excluding hydrogens is 405 g/mol. The third kappa shape index (κ3) is 3.40. The third-order valence-electron chi connectivity index (χ3n) is 4.63. The Morgan fingerprint density at radius 2 is 1.83 bits per heavy atom. The molecular formula is C20H14ClF3N4O. The van der Waals surface area contributed by atoms with Crippen molar-refractivity contribution in [1.82, 2.24) is 14.6 Å². The second-order valence-corrected chi connectivity index (χ2v) is 7.07. The molecule has 0 aliphatic rings. The summed E-state index contributed by atoms with van der Waals surface area (Å²) in [6.07, 6.45) is -2.02. The number of pyridine rings is 1. The minimum absolute atomic E-state index is 0.0467. The molecule has 5 nitrogen and oxygen atoms in total. The predicted molar refractivity (Wildman–Crippen MR) is 102 cm³/mol. The molecule has 0 aliphatic carbocycles. The summed E-state index contributed by atoms with van der Waals surface area (Å²) in [5.41, 5.74) is 1.84. The summed E-state index contributed by atoms with van der Waals surface area (Å²) in [5, 5.41) is 16.0. The molecule has 0 aliphatic heterocycles. The van der Waals surface area contributed by atoms with Crippen molar-refractivity contribution in [1.29, 1.82) is 0 Å². The molecule has 0 amide bonds. The average molecular weight is 419 g/mol. The van der Waals surface area contributed by atoms with Gasteiger partial charge in [0, 0.05) is 35.2 Å². The van der Waals surface area contributed by atoms with E-state index >= 15 is 0 Å². The molecule has 9 heteroatoms. The maximum atomic E-state index is 13.7. The van der Waals surface area contributed by atoms with Gasteiger partial charge >= 0.3 is 6.18 Å². The minimum Gasteiger partial charge on any atom is -0.619 e. The molecule has 0 radical (unpaired) electrons. The predicted octanol–water partition coefficient (Wildman–Crippen LogP) is 4.99. The van der Waals surface area contributed by atoms with E-state index in [-0.39, 0.29) is 11.3 Å². The first-order chi connectivity index (χ1) is 13.6. The van der Waals surface area contributed by atoms with Crippen LogP contribution in [-0.2, 0) is 6.18 Å². The highest BCUT2D eigenvalue weighted by molar-refractivity contribution is 6.31. The van der Waals surface area contributed by atoms with E-state index in [0.29, 0.717) is 32.1 Å². The van der Waals surface area contributed by atoms with Gasteiger partial charge in [0.05, 0.1) is 11.9 Å². The summed E-state index contributed by atoms with van der Waals surface area (Å²) in [6.45, 7) is 3.38. The molecule has 0 bridgehead atoms. The van der Waals surface area contributed by atoms with Gasteiger partial charge in [-0.05, 0) is 36.2 Å². The number of hydrogen-bond acceptors (Lipinski definition) is 3. The summed E-state index contributed by atoms with van der Waals surface area (Å²) in [5.74, 6) is 0. The van der Waals surface area contributed by atoms with Crippen molar-refractivity contribution in [3.8, 4) is 22.4 Å².